The molecule has 0 saturated carbocycles. The lowest BCUT2D eigenvalue weighted by molar-refractivity contribution is 0.102. The Morgan fingerprint density at radius 3 is 2.31 bits per heavy atom. The number of hydrogen-bond acceptors (Lipinski definition) is 5. The Labute approximate surface area is 149 Å². The van der Waals surface area contributed by atoms with E-state index in [2.05, 4.69) is 10.3 Å². The molecule has 0 aliphatic carbocycles. The first kappa shape index (κ1) is 17.3. The van der Waals surface area contributed by atoms with Gasteiger partial charge < -0.3 is 24.5 Å². The quantitative estimate of drug-likeness (QED) is 0.735. The van der Waals surface area contributed by atoms with Crippen molar-refractivity contribution in [1.29, 1.82) is 0 Å². The largest absolute Gasteiger partial charge is 0.497 e. The lowest BCUT2D eigenvalue weighted by Gasteiger charge is -2.10. The standard InChI is InChI=1S/C19H18N2O5/c1-24-12-7-11(8-13(9-12)25-2)21-19(23)15-10-20-17-14(18(15)22)5-4-6-16(17)26-3/h4-10H,1-3H3,(H,20,22)(H,21,23). The number of anilines is 1. The molecule has 3 rings (SSSR count). The third kappa shape index (κ3) is 3.19. The van der Waals surface area contributed by atoms with E-state index in [1.54, 1.807) is 36.4 Å². The second-order valence-electron chi connectivity index (χ2n) is 5.47. The van der Waals surface area contributed by atoms with E-state index in [1.165, 1.54) is 27.5 Å². The second-order valence-corrected chi connectivity index (χ2v) is 5.47. The Bertz CT molecular complexity index is 1000. The Hall–Kier alpha value is -3.48. The smallest absolute Gasteiger partial charge is 0.261 e. The molecule has 0 spiro atoms. The minimum absolute atomic E-state index is 0.00691. The van der Waals surface area contributed by atoms with Gasteiger partial charge in [0.2, 0.25) is 5.43 Å². The average molecular weight is 354 g/mol. The number of fused-ring (bicyclic) bond motifs is 1. The highest BCUT2D eigenvalue weighted by atomic mass is 16.5. The number of aromatic nitrogens is 1. The number of H-pyrrole nitrogens is 1. The van der Waals surface area contributed by atoms with Gasteiger partial charge in [0.25, 0.3) is 5.91 Å². The number of amides is 1. The predicted octanol–water partition coefficient (Wildman–Crippen LogP) is 2.81. The summed E-state index contributed by atoms with van der Waals surface area (Å²) in [6.45, 7) is 0. The van der Waals surface area contributed by atoms with Crippen LogP contribution in [0.1, 0.15) is 10.4 Å². The molecule has 2 aromatic carbocycles. The first-order chi connectivity index (χ1) is 12.6. The molecule has 0 radical (unpaired) electrons. The van der Waals surface area contributed by atoms with E-state index in [0.717, 1.165) is 0 Å². The van der Waals surface area contributed by atoms with E-state index in [1.807, 2.05) is 0 Å². The molecule has 3 aromatic rings. The summed E-state index contributed by atoms with van der Waals surface area (Å²) in [5, 5.41) is 3.07. The summed E-state index contributed by atoms with van der Waals surface area (Å²) in [6, 6.07) is 10.0. The summed E-state index contributed by atoms with van der Waals surface area (Å²) < 4.78 is 15.6. The zero-order chi connectivity index (χ0) is 18.7. The highest BCUT2D eigenvalue weighted by Gasteiger charge is 2.15. The number of carbonyl (C=O) groups is 1. The molecular weight excluding hydrogens is 336 g/mol. The number of ether oxygens (including phenoxy) is 3. The molecule has 0 bridgehead atoms. The summed E-state index contributed by atoms with van der Waals surface area (Å²) >= 11 is 0. The topological polar surface area (TPSA) is 89.6 Å². The van der Waals surface area contributed by atoms with Gasteiger partial charge in [0.15, 0.2) is 0 Å². The van der Waals surface area contributed by atoms with Gasteiger partial charge in [-0.3, -0.25) is 9.59 Å². The first-order valence-corrected chi connectivity index (χ1v) is 7.80. The van der Waals surface area contributed by atoms with Gasteiger partial charge in [-0.25, -0.2) is 0 Å². The lowest BCUT2D eigenvalue weighted by Crippen LogP contribution is -2.22. The molecule has 0 atom stereocenters. The molecule has 0 saturated heterocycles. The number of benzene rings is 2. The van der Waals surface area contributed by atoms with Crippen molar-refractivity contribution >= 4 is 22.5 Å². The van der Waals surface area contributed by atoms with Crippen LogP contribution in [-0.4, -0.2) is 32.2 Å². The van der Waals surface area contributed by atoms with Crippen LogP contribution in [0.2, 0.25) is 0 Å². The Morgan fingerprint density at radius 2 is 1.69 bits per heavy atom. The van der Waals surface area contributed by atoms with Crippen molar-refractivity contribution in [1.82, 2.24) is 4.98 Å². The van der Waals surface area contributed by atoms with E-state index in [0.29, 0.717) is 33.8 Å². The van der Waals surface area contributed by atoms with Crippen LogP contribution in [0.5, 0.6) is 17.2 Å². The van der Waals surface area contributed by atoms with E-state index in [4.69, 9.17) is 14.2 Å². The maximum Gasteiger partial charge on any atom is 0.261 e. The maximum atomic E-state index is 12.7. The summed E-state index contributed by atoms with van der Waals surface area (Å²) in [7, 11) is 4.55. The summed E-state index contributed by atoms with van der Waals surface area (Å²) in [5.41, 5.74) is 0.605. The van der Waals surface area contributed by atoms with E-state index >= 15 is 0 Å². The van der Waals surface area contributed by atoms with Gasteiger partial charge in [-0.1, -0.05) is 6.07 Å². The number of hydrogen-bond donors (Lipinski definition) is 2. The Balaban J connectivity index is 1.98. The number of pyridine rings is 1. The first-order valence-electron chi connectivity index (χ1n) is 7.80. The lowest BCUT2D eigenvalue weighted by atomic mass is 10.1. The molecule has 0 unspecified atom stereocenters. The zero-order valence-electron chi connectivity index (χ0n) is 14.6. The third-order valence-electron chi connectivity index (χ3n) is 3.95. The minimum atomic E-state index is -0.536. The van der Waals surface area contributed by atoms with Crippen LogP contribution in [0, 0.1) is 0 Å². The van der Waals surface area contributed by atoms with Crippen LogP contribution in [0.15, 0.2) is 47.4 Å². The van der Waals surface area contributed by atoms with Crippen LogP contribution in [0.25, 0.3) is 10.9 Å². The maximum absolute atomic E-state index is 12.7. The SMILES string of the molecule is COc1cc(NC(=O)c2c[nH]c3c(OC)cccc3c2=O)cc(OC)c1. The molecule has 26 heavy (non-hydrogen) atoms. The van der Waals surface area contributed by atoms with Crippen molar-refractivity contribution in [3.05, 3.63) is 58.4 Å². The van der Waals surface area contributed by atoms with Gasteiger partial charge in [-0.2, -0.15) is 0 Å². The molecule has 1 amide bonds. The van der Waals surface area contributed by atoms with Crippen molar-refractivity contribution < 1.29 is 19.0 Å². The summed E-state index contributed by atoms with van der Waals surface area (Å²) in [6.07, 6.45) is 1.37. The van der Waals surface area contributed by atoms with Gasteiger partial charge in [0.05, 0.1) is 32.2 Å². The third-order valence-corrected chi connectivity index (χ3v) is 3.95. The van der Waals surface area contributed by atoms with Crippen LogP contribution < -0.4 is 25.0 Å². The van der Waals surface area contributed by atoms with Gasteiger partial charge in [0.1, 0.15) is 22.8 Å². The van der Waals surface area contributed by atoms with Crippen molar-refractivity contribution in [2.24, 2.45) is 0 Å². The monoisotopic (exact) mass is 354 g/mol. The molecule has 7 nitrogen and oxygen atoms in total. The molecule has 0 aliphatic heterocycles. The van der Waals surface area contributed by atoms with E-state index in [9.17, 15) is 9.59 Å². The van der Waals surface area contributed by atoms with Gasteiger partial charge in [-0.05, 0) is 12.1 Å². The molecule has 2 N–H and O–H groups in total. The fourth-order valence-electron chi connectivity index (χ4n) is 2.64. The number of rotatable bonds is 5. The van der Waals surface area contributed by atoms with Crippen LogP contribution >= 0.6 is 0 Å². The van der Waals surface area contributed by atoms with Crippen molar-refractivity contribution in [3.63, 3.8) is 0 Å². The molecular formula is C19H18N2O5. The second kappa shape index (κ2) is 7.18. The molecule has 1 aromatic heterocycles. The van der Waals surface area contributed by atoms with Crippen LogP contribution in [-0.2, 0) is 0 Å². The van der Waals surface area contributed by atoms with Crippen molar-refractivity contribution in [3.8, 4) is 17.2 Å². The molecule has 0 aliphatic rings. The van der Waals surface area contributed by atoms with E-state index in [-0.39, 0.29) is 11.0 Å². The summed E-state index contributed by atoms with van der Waals surface area (Å²) in [4.78, 5) is 28.2. The molecule has 1 heterocycles. The van der Waals surface area contributed by atoms with Crippen molar-refractivity contribution in [2.45, 2.75) is 0 Å². The Kier molecular flexibility index (Phi) is 4.79. The van der Waals surface area contributed by atoms with Crippen LogP contribution in [0.3, 0.4) is 0 Å². The number of methoxy groups -OCH3 is 3. The fourth-order valence-corrected chi connectivity index (χ4v) is 2.64. The number of aromatic amines is 1. The number of carbonyl (C=O) groups excluding carboxylic acids is 1. The summed E-state index contributed by atoms with van der Waals surface area (Å²) in [5.74, 6) is 1.05. The number of para-hydroxylation sites is 1. The fraction of sp³-hybridized carbons (Fsp3) is 0.158. The van der Waals surface area contributed by atoms with Crippen molar-refractivity contribution in [2.75, 3.05) is 26.6 Å². The molecule has 7 heteroatoms. The highest BCUT2D eigenvalue weighted by molar-refractivity contribution is 6.06. The van der Waals surface area contributed by atoms with Gasteiger partial charge in [0, 0.05) is 30.1 Å². The molecule has 134 valence electrons. The predicted molar refractivity (Wildman–Crippen MR) is 98.6 cm³/mol. The zero-order valence-corrected chi connectivity index (χ0v) is 14.6. The van der Waals surface area contributed by atoms with E-state index < -0.39 is 5.91 Å². The average Bonchev–Trinajstić information content (AvgIpc) is 2.67. The minimum Gasteiger partial charge on any atom is -0.497 e. The normalized spacial score (nSPS) is 10.4. The van der Waals surface area contributed by atoms with Crippen LogP contribution in [0.4, 0.5) is 5.69 Å². The number of nitrogens with one attached hydrogen (secondary N) is 2. The van der Waals surface area contributed by atoms with Gasteiger partial charge in [-0.15, -0.1) is 0 Å². The molecule has 0 fully saturated rings. The Morgan fingerprint density at radius 1 is 1.00 bits per heavy atom. The van der Waals surface area contributed by atoms with Gasteiger partial charge >= 0.3 is 0 Å². The highest BCUT2D eigenvalue weighted by Crippen LogP contribution is 2.26.